The van der Waals surface area contributed by atoms with E-state index in [1.807, 2.05) is 26.8 Å². The Labute approximate surface area is 121 Å². The molecule has 1 amide bonds. The number of rotatable bonds is 3. The molecule has 0 aromatic carbocycles. The van der Waals surface area contributed by atoms with Gasteiger partial charge in [0.25, 0.3) is 0 Å². The molecule has 112 valence electrons. The Morgan fingerprint density at radius 2 is 2.05 bits per heavy atom. The number of furan rings is 1. The van der Waals surface area contributed by atoms with Crippen molar-refractivity contribution in [1.82, 2.24) is 5.32 Å². The topological polar surface area (TPSA) is 68.3 Å². The van der Waals surface area contributed by atoms with Crippen LogP contribution in [0, 0.1) is 19.8 Å². The van der Waals surface area contributed by atoms with Crippen LogP contribution in [0.2, 0.25) is 0 Å². The monoisotopic (exact) mass is 278 g/mol. The summed E-state index contributed by atoms with van der Waals surface area (Å²) in [6, 6.07) is 1.96. The molecule has 1 aliphatic rings. The van der Waals surface area contributed by atoms with E-state index in [0.29, 0.717) is 0 Å². The molecular weight excluding hydrogens is 252 g/mol. The fourth-order valence-corrected chi connectivity index (χ4v) is 3.14. The average molecular weight is 278 g/mol. The van der Waals surface area contributed by atoms with Crippen LogP contribution in [0.5, 0.6) is 0 Å². The highest BCUT2D eigenvalue weighted by molar-refractivity contribution is 5.79. The van der Waals surface area contributed by atoms with Crippen molar-refractivity contribution < 1.29 is 9.21 Å². The van der Waals surface area contributed by atoms with Crippen molar-refractivity contribution in [3.05, 3.63) is 23.2 Å². The van der Waals surface area contributed by atoms with Crippen molar-refractivity contribution in [2.75, 3.05) is 0 Å². The van der Waals surface area contributed by atoms with Gasteiger partial charge >= 0.3 is 0 Å². The summed E-state index contributed by atoms with van der Waals surface area (Å²) in [5.41, 5.74) is 7.20. The molecule has 4 nitrogen and oxygen atoms in total. The zero-order valence-corrected chi connectivity index (χ0v) is 12.7. The maximum atomic E-state index is 12.4. The summed E-state index contributed by atoms with van der Waals surface area (Å²) in [6.45, 7) is 5.85. The lowest BCUT2D eigenvalue weighted by Gasteiger charge is -2.23. The average Bonchev–Trinajstić information content (AvgIpc) is 2.59. The van der Waals surface area contributed by atoms with Gasteiger partial charge in [-0.05, 0) is 39.7 Å². The lowest BCUT2D eigenvalue weighted by molar-refractivity contribution is -0.126. The summed E-state index contributed by atoms with van der Waals surface area (Å²) in [4.78, 5) is 12.4. The second kappa shape index (κ2) is 6.44. The van der Waals surface area contributed by atoms with Crippen LogP contribution in [0.3, 0.4) is 0 Å². The van der Waals surface area contributed by atoms with Crippen LogP contribution >= 0.6 is 0 Å². The van der Waals surface area contributed by atoms with Gasteiger partial charge in [-0.1, -0.05) is 19.3 Å². The number of carbonyl (C=O) groups is 1. The van der Waals surface area contributed by atoms with E-state index in [4.69, 9.17) is 10.2 Å². The maximum Gasteiger partial charge on any atom is 0.225 e. The molecule has 1 fully saturated rings. The highest BCUT2D eigenvalue weighted by atomic mass is 16.3. The predicted octanol–water partition coefficient (Wildman–Crippen LogP) is 2.98. The van der Waals surface area contributed by atoms with Gasteiger partial charge in [-0.25, -0.2) is 0 Å². The van der Waals surface area contributed by atoms with Gasteiger partial charge in [0, 0.05) is 11.6 Å². The molecule has 1 aromatic rings. The first-order valence-electron chi connectivity index (χ1n) is 7.62. The highest BCUT2D eigenvalue weighted by Gasteiger charge is 2.28. The van der Waals surface area contributed by atoms with Crippen LogP contribution in [0.1, 0.15) is 62.2 Å². The number of aryl methyl sites for hydroxylation is 2. The van der Waals surface area contributed by atoms with Gasteiger partial charge in [-0.15, -0.1) is 0 Å². The number of amides is 1. The van der Waals surface area contributed by atoms with Crippen LogP contribution in [-0.4, -0.2) is 11.9 Å². The van der Waals surface area contributed by atoms with Crippen molar-refractivity contribution in [2.24, 2.45) is 11.7 Å². The van der Waals surface area contributed by atoms with Crippen LogP contribution in [0.4, 0.5) is 0 Å². The third kappa shape index (κ3) is 3.42. The van der Waals surface area contributed by atoms with E-state index in [9.17, 15) is 4.79 Å². The maximum absolute atomic E-state index is 12.4. The standard InChI is InChI=1S/C16H26N2O2/c1-10-9-14(12(3)20-10)11(2)18-16(19)13-7-5-4-6-8-15(13)17/h9,11,13,15H,4-8,17H2,1-3H3,(H,18,19). The minimum atomic E-state index is -0.0479. The van der Waals surface area contributed by atoms with Gasteiger partial charge in [0.1, 0.15) is 11.5 Å². The van der Waals surface area contributed by atoms with Crippen LogP contribution in [0.15, 0.2) is 10.5 Å². The second-order valence-corrected chi connectivity index (χ2v) is 6.01. The summed E-state index contributed by atoms with van der Waals surface area (Å²) in [5.74, 6) is 1.80. The molecule has 3 atom stereocenters. The van der Waals surface area contributed by atoms with Gasteiger partial charge in [0.15, 0.2) is 0 Å². The first kappa shape index (κ1) is 15.1. The van der Waals surface area contributed by atoms with E-state index in [1.165, 1.54) is 6.42 Å². The molecule has 1 heterocycles. The SMILES string of the molecule is Cc1cc(C(C)NC(=O)C2CCCCCC2N)c(C)o1. The van der Waals surface area contributed by atoms with Crippen LogP contribution in [-0.2, 0) is 4.79 Å². The van der Waals surface area contributed by atoms with Crippen LogP contribution in [0.25, 0.3) is 0 Å². The molecule has 0 spiro atoms. The van der Waals surface area contributed by atoms with E-state index < -0.39 is 0 Å². The van der Waals surface area contributed by atoms with Crippen molar-refractivity contribution in [3.8, 4) is 0 Å². The molecule has 3 unspecified atom stereocenters. The highest BCUT2D eigenvalue weighted by Crippen LogP contribution is 2.25. The summed E-state index contributed by atoms with van der Waals surface area (Å²) < 4.78 is 5.53. The molecule has 3 N–H and O–H groups in total. The molecule has 1 saturated carbocycles. The first-order chi connectivity index (χ1) is 9.49. The van der Waals surface area contributed by atoms with Gasteiger partial charge in [0.2, 0.25) is 5.91 Å². The molecule has 2 rings (SSSR count). The molecule has 1 aromatic heterocycles. The molecule has 4 heteroatoms. The summed E-state index contributed by atoms with van der Waals surface area (Å²) in [6.07, 6.45) is 5.29. The normalized spacial score (nSPS) is 25.0. The minimum Gasteiger partial charge on any atom is -0.466 e. The molecule has 0 bridgehead atoms. The third-order valence-corrected chi connectivity index (χ3v) is 4.31. The second-order valence-electron chi connectivity index (χ2n) is 6.01. The zero-order chi connectivity index (χ0) is 14.7. The Hall–Kier alpha value is -1.29. The first-order valence-corrected chi connectivity index (χ1v) is 7.62. The van der Waals surface area contributed by atoms with E-state index in [-0.39, 0.29) is 23.9 Å². The number of carbonyl (C=O) groups excluding carboxylic acids is 1. The van der Waals surface area contributed by atoms with E-state index in [2.05, 4.69) is 5.32 Å². The molecule has 0 saturated heterocycles. The Morgan fingerprint density at radius 1 is 1.35 bits per heavy atom. The van der Waals surface area contributed by atoms with Gasteiger partial charge in [-0.2, -0.15) is 0 Å². The van der Waals surface area contributed by atoms with Gasteiger partial charge in [0.05, 0.1) is 12.0 Å². The molecule has 0 radical (unpaired) electrons. The number of nitrogens with two attached hydrogens (primary N) is 1. The fraction of sp³-hybridized carbons (Fsp3) is 0.688. The molecule has 0 aliphatic heterocycles. The largest absolute Gasteiger partial charge is 0.466 e. The van der Waals surface area contributed by atoms with Crippen molar-refractivity contribution >= 4 is 5.91 Å². The fourth-order valence-electron chi connectivity index (χ4n) is 3.14. The quantitative estimate of drug-likeness (QED) is 0.835. The summed E-state index contributed by atoms with van der Waals surface area (Å²) in [7, 11) is 0. The number of nitrogens with one attached hydrogen (secondary N) is 1. The Morgan fingerprint density at radius 3 is 2.70 bits per heavy atom. The van der Waals surface area contributed by atoms with E-state index in [1.54, 1.807) is 0 Å². The van der Waals surface area contributed by atoms with E-state index >= 15 is 0 Å². The van der Waals surface area contributed by atoms with Crippen molar-refractivity contribution in [1.29, 1.82) is 0 Å². The molecule has 20 heavy (non-hydrogen) atoms. The van der Waals surface area contributed by atoms with E-state index in [0.717, 1.165) is 42.8 Å². The third-order valence-electron chi connectivity index (χ3n) is 4.31. The number of hydrogen-bond donors (Lipinski definition) is 2. The molecule has 1 aliphatic carbocycles. The van der Waals surface area contributed by atoms with Crippen molar-refractivity contribution in [2.45, 2.75) is 65.0 Å². The smallest absolute Gasteiger partial charge is 0.225 e. The van der Waals surface area contributed by atoms with Gasteiger partial charge in [-0.3, -0.25) is 4.79 Å². The lowest BCUT2D eigenvalue weighted by atomic mass is 9.94. The number of hydrogen-bond acceptors (Lipinski definition) is 3. The Bertz CT molecular complexity index is 467. The lowest BCUT2D eigenvalue weighted by Crippen LogP contribution is -2.42. The van der Waals surface area contributed by atoms with Crippen LogP contribution < -0.4 is 11.1 Å². The summed E-state index contributed by atoms with van der Waals surface area (Å²) in [5, 5.41) is 3.10. The summed E-state index contributed by atoms with van der Waals surface area (Å²) >= 11 is 0. The Kier molecular flexibility index (Phi) is 4.86. The zero-order valence-electron chi connectivity index (χ0n) is 12.7. The van der Waals surface area contributed by atoms with Gasteiger partial charge < -0.3 is 15.5 Å². The Balaban J connectivity index is 2.01. The predicted molar refractivity (Wildman–Crippen MR) is 79.3 cm³/mol. The van der Waals surface area contributed by atoms with Crippen molar-refractivity contribution in [3.63, 3.8) is 0 Å². The minimum absolute atomic E-state index is 0.00289. The molecular formula is C16H26N2O2.